The largest absolute Gasteiger partial charge is 0.493 e. The number of aliphatic hydroxyl groups excluding tert-OH is 1. The summed E-state index contributed by atoms with van der Waals surface area (Å²) in [6.45, 7) is 2.44. The molecule has 0 radical (unpaired) electrons. The number of ether oxygens (including phenoxy) is 1. The average molecular weight is 357 g/mol. The van der Waals surface area contributed by atoms with Crippen LogP contribution in [0.15, 0.2) is 40.9 Å². The first-order chi connectivity index (χ1) is 10.0. The highest BCUT2D eigenvalue weighted by molar-refractivity contribution is 9.10. The molecule has 0 aromatic heterocycles. The quantitative estimate of drug-likeness (QED) is 0.860. The van der Waals surface area contributed by atoms with E-state index in [-0.39, 0.29) is 6.42 Å². The fourth-order valence-corrected chi connectivity index (χ4v) is 2.52. The first kappa shape index (κ1) is 15.9. The molecule has 1 atom stereocenters. The lowest BCUT2D eigenvalue weighted by Gasteiger charge is -2.13. The van der Waals surface area contributed by atoms with E-state index in [0.29, 0.717) is 23.5 Å². The van der Waals surface area contributed by atoms with E-state index in [2.05, 4.69) is 15.9 Å². The van der Waals surface area contributed by atoms with Crippen molar-refractivity contribution in [3.05, 3.63) is 63.6 Å². The number of hydrogen-bond donors (Lipinski definition) is 1. The maximum Gasteiger partial charge on any atom is 0.159 e. The minimum atomic E-state index is -0.910. The van der Waals surface area contributed by atoms with Crippen LogP contribution in [0, 0.1) is 11.6 Å². The molecule has 2 aromatic carbocycles. The number of rotatable bonds is 5. The third-order valence-corrected chi connectivity index (χ3v) is 3.67. The molecule has 0 saturated carbocycles. The van der Waals surface area contributed by atoms with E-state index in [1.54, 1.807) is 18.2 Å². The third kappa shape index (κ3) is 4.02. The molecule has 2 nitrogen and oxygen atoms in total. The SMILES string of the molecule is CCOc1ccc(C(O)Cc2ccc(F)c(F)c2)cc1Br. The summed E-state index contributed by atoms with van der Waals surface area (Å²) in [7, 11) is 0. The van der Waals surface area contributed by atoms with E-state index in [1.165, 1.54) is 6.07 Å². The molecule has 0 bridgehead atoms. The number of halogens is 3. The molecule has 5 heteroatoms. The van der Waals surface area contributed by atoms with Crippen molar-refractivity contribution in [2.75, 3.05) is 6.61 Å². The number of hydrogen-bond acceptors (Lipinski definition) is 2. The maximum atomic E-state index is 13.2. The van der Waals surface area contributed by atoms with Gasteiger partial charge in [0.25, 0.3) is 0 Å². The highest BCUT2D eigenvalue weighted by atomic mass is 79.9. The Morgan fingerprint density at radius 2 is 1.90 bits per heavy atom. The van der Waals surface area contributed by atoms with Crippen LogP contribution in [0.2, 0.25) is 0 Å². The first-order valence-corrected chi connectivity index (χ1v) is 7.34. The zero-order valence-corrected chi connectivity index (χ0v) is 13.0. The van der Waals surface area contributed by atoms with E-state index in [9.17, 15) is 13.9 Å². The Labute approximate surface area is 130 Å². The van der Waals surface area contributed by atoms with Gasteiger partial charge in [-0.2, -0.15) is 0 Å². The first-order valence-electron chi connectivity index (χ1n) is 6.55. The van der Waals surface area contributed by atoms with Gasteiger partial charge in [-0.15, -0.1) is 0 Å². The van der Waals surface area contributed by atoms with Crippen molar-refractivity contribution in [3.63, 3.8) is 0 Å². The van der Waals surface area contributed by atoms with Gasteiger partial charge in [-0.05, 0) is 58.2 Å². The Bertz CT molecular complexity index is 632. The van der Waals surface area contributed by atoms with Crippen molar-refractivity contribution >= 4 is 15.9 Å². The molecule has 0 spiro atoms. The van der Waals surface area contributed by atoms with Crippen LogP contribution < -0.4 is 4.74 Å². The van der Waals surface area contributed by atoms with Crippen LogP contribution in [0.1, 0.15) is 24.2 Å². The Hall–Kier alpha value is -1.46. The van der Waals surface area contributed by atoms with Gasteiger partial charge >= 0.3 is 0 Å². The molecule has 0 amide bonds. The fraction of sp³-hybridized carbons (Fsp3) is 0.250. The molecule has 2 rings (SSSR count). The molecular weight excluding hydrogens is 342 g/mol. The van der Waals surface area contributed by atoms with Crippen molar-refractivity contribution in [1.82, 2.24) is 0 Å². The minimum absolute atomic E-state index is 0.206. The number of aliphatic hydroxyl groups is 1. The highest BCUT2D eigenvalue weighted by Crippen LogP contribution is 2.29. The van der Waals surface area contributed by atoms with Gasteiger partial charge in [0, 0.05) is 6.42 Å². The maximum absolute atomic E-state index is 13.2. The van der Waals surface area contributed by atoms with Gasteiger partial charge in [0.2, 0.25) is 0 Å². The summed E-state index contributed by atoms with van der Waals surface area (Å²) in [6, 6.07) is 8.89. The zero-order valence-electron chi connectivity index (χ0n) is 11.4. The van der Waals surface area contributed by atoms with Crippen molar-refractivity contribution in [1.29, 1.82) is 0 Å². The van der Waals surface area contributed by atoms with Crippen LogP contribution in [0.4, 0.5) is 8.78 Å². The monoisotopic (exact) mass is 356 g/mol. The second kappa shape index (κ2) is 7.00. The summed E-state index contributed by atoms with van der Waals surface area (Å²) >= 11 is 3.38. The summed E-state index contributed by atoms with van der Waals surface area (Å²) in [5.41, 5.74) is 1.21. The third-order valence-electron chi connectivity index (χ3n) is 3.05. The molecule has 0 aliphatic rings. The molecule has 0 aliphatic carbocycles. The van der Waals surface area contributed by atoms with Crippen LogP contribution >= 0.6 is 15.9 Å². The van der Waals surface area contributed by atoms with Gasteiger partial charge in [-0.25, -0.2) is 8.78 Å². The van der Waals surface area contributed by atoms with Gasteiger partial charge in [-0.1, -0.05) is 12.1 Å². The molecule has 21 heavy (non-hydrogen) atoms. The van der Waals surface area contributed by atoms with Crippen molar-refractivity contribution in [3.8, 4) is 5.75 Å². The van der Waals surface area contributed by atoms with E-state index in [4.69, 9.17) is 4.74 Å². The van der Waals surface area contributed by atoms with E-state index < -0.39 is 17.7 Å². The lowest BCUT2D eigenvalue weighted by atomic mass is 10.0. The van der Waals surface area contributed by atoms with E-state index >= 15 is 0 Å². The molecular formula is C16H15BrF2O2. The molecule has 1 unspecified atom stereocenters. The molecule has 0 heterocycles. The van der Waals surface area contributed by atoms with E-state index in [0.717, 1.165) is 16.6 Å². The van der Waals surface area contributed by atoms with Crippen LogP contribution in [0.25, 0.3) is 0 Å². The summed E-state index contributed by atoms with van der Waals surface area (Å²) < 4.78 is 32.2. The zero-order chi connectivity index (χ0) is 15.4. The van der Waals surface area contributed by atoms with Gasteiger partial charge in [0.05, 0.1) is 17.2 Å². The standard InChI is InChI=1S/C16H15BrF2O2/c1-2-21-16-6-4-11(9-12(16)17)15(20)8-10-3-5-13(18)14(19)7-10/h3-7,9,15,20H,2,8H2,1H3. The molecule has 0 aliphatic heterocycles. The van der Waals surface area contributed by atoms with Gasteiger partial charge in [0.1, 0.15) is 5.75 Å². The molecule has 2 aromatic rings. The Morgan fingerprint density at radius 3 is 2.52 bits per heavy atom. The molecule has 0 saturated heterocycles. The minimum Gasteiger partial charge on any atom is -0.493 e. The molecule has 0 fully saturated rings. The van der Waals surface area contributed by atoms with Crippen molar-refractivity contribution in [2.24, 2.45) is 0 Å². The molecule has 1 N–H and O–H groups in total. The van der Waals surface area contributed by atoms with Gasteiger partial charge in [-0.3, -0.25) is 0 Å². The van der Waals surface area contributed by atoms with Crippen molar-refractivity contribution in [2.45, 2.75) is 19.4 Å². The molecule has 112 valence electrons. The van der Waals surface area contributed by atoms with Gasteiger partial charge in [0.15, 0.2) is 11.6 Å². The predicted octanol–water partition coefficient (Wildman–Crippen LogP) is 4.40. The summed E-state index contributed by atoms with van der Waals surface area (Å²) in [5.74, 6) is -1.11. The van der Waals surface area contributed by atoms with Crippen LogP contribution in [-0.4, -0.2) is 11.7 Å². The van der Waals surface area contributed by atoms with E-state index in [1.807, 2.05) is 6.92 Å². The Balaban J connectivity index is 2.14. The highest BCUT2D eigenvalue weighted by Gasteiger charge is 2.12. The lowest BCUT2D eigenvalue weighted by Crippen LogP contribution is -2.03. The van der Waals surface area contributed by atoms with Crippen LogP contribution in [-0.2, 0) is 6.42 Å². The van der Waals surface area contributed by atoms with Gasteiger partial charge < -0.3 is 9.84 Å². The number of benzene rings is 2. The second-order valence-electron chi connectivity index (χ2n) is 4.59. The Morgan fingerprint density at radius 1 is 1.14 bits per heavy atom. The van der Waals surface area contributed by atoms with Crippen molar-refractivity contribution < 1.29 is 18.6 Å². The summed E-state index contributed by atoms with van der Waals surface area (Å²) in [4.78, 5) is 0. The lowest BCUT2D eigenvalue weighted by molar-refractivity contribution is 0.178. The topological polar surface area (TPSA) is 29.5 Å². The average Bonchev–Trinajstić information content (AvgIpc) is 2.45. The smallest absolute Gasteiger partial charge is 0.159 e. The van der Waals surface area contributed by atoms with Crippen LogP contribution in [0.5, 0.6) is 5.75 Å². The fourth-order valence-electron chi connectivity index (χ4n) is 2.00. The summed E-state index contributed by atoms with van der Waals surface area (Å²) in [5, 5.41) is 10.2. The predicted molar refractivity (Wildman–Crippen MR) is 80.3 cm³/mol. The van der Waals surface area contributed by atoms with Crippen LogP contribution in [0.3, 0.4) is 0 Å². The normalized spacial score (nSPS) is 12.2. The Kier molecular flexibility index (Phi) is 5.31. The summed E-state index contributed by atoms with van der Waals surface area (Å²) in [6.07, 6.45) is -0.598. The second-order valence-corrected chi connectivity index (χ2v) is 5.45.